The van der Waals surface area contributed by atoms with Crippen molar-refractivity contribution in [3.05, 3.63) is 71.0 Å². The Kier molecular flexibility index (Phi) is 10.6. The number of ether oxygens (including phenoxy) is 1. The van der Waals surface area contributed by atoms with E-state index in [1.54, 1.807) is 12.1 Å². The molecule has 0 aliphatic carbocycles. The summed E-state index contributed by atoms with van der Waals surface area (Å²) in [5, 5.41) is -0.563. The van der Waals surface area contributed by atoms with Crippen LogP contribution < -0.4 is 5.73 Å². The smallest absolute Gasteiger partial charge is 0.260 e. The van der Waals surface area contributed by atoms with Crippen LogP contribution in [-0.2, 0) is 27.6 Å². The number of rotatable bonds is 8. The Bertz CT molecular complexity index is 1080. The van der Waals surface area contributed by atoms with E-state index in [4.69, 9.17) is 10.5 Å². The number of benzene rings is 2. The number of nitrogens with two attached hydrogens (primary N) is 1. The molecule has 2 aliphatic heterocycles. The summed E-state index contributed by atoms with van der Waals surface area (Å²) in [4.78, 5) is 2.44. The molecule has 2 aromatic rings. The summed E-state index contributed by atoms with van der Waals surface area (Å²) in [7, 11) is -3.48. The molecule has 2 aliphatic rings. The number of sulfonamides is 1. The SMILES string of the molecule is CC1(C)CC=NS(=O)(=O)C1c1ccc(CCCN2CCOCC2)cc1.NCCCc1ccccc1F. The molecule has 2 aromatic carbocycles. The molecular weight excluding hydrogens is 477 g/mol. The van der Waals surface area contributed by atoms with Gasteiger partial charge < -0.3 is 10.5 Å². The average Bonchev–Trinajstić information content (AvgIpc) is 2.85. The van der Waals surface area contributed by atoms with E-state index in [0.717, 1.165) is 69.7 Å². The normalized spacial score (nSPS) is 20.9. The van der Waals surface area contributed by atoms with Crippen molar-refractivity contribution in [1.29, 1.82) is 0 Å². The summed E-state index contributed by atoms with van der Waals surface area (Å²) in [6, 6.07) is 14.9. The largest absolute Gasteiger partial charge is 0.379 e. The highest BCUT2D eigenvalue weighted by Crippen LogP contribution is 2.45. The lowest BCUT2D eigenvalue weighted by molar-refractivity contribution is 0.0374. The first-order valence-electron chi connectivity index (χ1n) is 12.8. The van der Waals surface area contributed by atoms with Gasteiger partial charge in [-0.2, -0.15) is 4.40 Å². The van der Waals surface area contributed by atoms with Crippen molar-refractivity contribution < 1.29 is 17.5 Å². The minimum absolute atomic E-state index is 0.124. The summed E-state index contributed by atoms with van der Waals surface area (Å²) in [6.07, 6.45) is 5.92. The molecule has 0 amide bonds. The lowest BCUT2D eigenvalue weighted by Gasteiger charge is -2.34. The van der Waals surface area contributed by atoms with E-state index >= 15 is 0 Å². The summed E-state index contributed by atoms with van der Waals surface area (Å²) in [5.74, 6) is -0.124. The molecule has 2 N–H and O–H groups in total. The van der Waals surface area contributed by atoms with Crippen molar-refractivity contribution in [1.82, 2.24) is 4.90 Å². The van der Waals surface area contributed by atoms with Gasteiger partial charge in [-0.1, -0.05) is 56.3 Å². The van der Waals surface area contributed by atoms with E-state index in [-0.39, 0.29) is 11.2 Å². The van der Waals surface area contributed by atoms with Crippen molar-refractivity contribution in [2.75, 3.05) is 39.4 Å². The maximum atomic E-state index is 12.9. The summed E-state index contributed by atoms with van der Waals surface area (Å²) in [5.41, 5.74) is 7.83. The molecule has 36 heavy (non-hydrogen) atoms. The van der Waals surface area contributed by atoms with Crippen LogP contribution in [-0.4, -0.2) is 58.9 Å². The number of halogens is 1. The van der Waals surface area contributed by atoms with Crippen LogP contribution in [0.4, 0.5) is 4.39 Å². The molecule has 6 nitrogen and oxygen atoms in total. The van der Waals surface area contributed by atoms with Gasteiger partial charge in [0.05, 0.1) is 13.2 Å². The van der Waals surface area contributed by atoms with Gasteiger partial charge in [0.25, 0.3) is 10.0 Å². The summed E-state index contributed by atoms with van der Waals surface area (Å²) < 4.78 is 46.8. The highest BCUT2D eigenvalue weighted by Gasteiger charge is 2.42. The van der Waals surface area contributed by atoms with Crippen molar-refractivity contribution >= 4 is 16.2 Å². The Morgan fingerprint density at radius 2 is 1.75 bits per heavy atom. The lowest BCUT2D eigenvalue weighted by Crippen LogP contribution is -2.36. The quantitative estimate of drug-likeness (QED) is 0.556. The molecule has 0 spiro atoms. The fourth-order valence-corrected chi connectivity index (χ4v) is 6.56. The second-order valence-electron chi connectivity index (χ2n) is 10.2. The molecule has 2 heterocycles. The molecule has 1 saturated heterocycles. The van der Waals surface area contributed by atoms with Crippen LogP contribution in [0.2, 0.25) is 0 Å². The van der Waals surface area contributed by atoms with Crippen LogP contribution in [0.5, 0.6) is 0 Å². The Morgan fingerprint density at radius 3 is 2.39 bits per heavy atom. The third kappa shape index (κ3) is 8.20. The molecule has 1 fully saturated rings. The van der Waals surface area contributed by atoms with Gasteiger partial charge in [-0.3, -0.25) is 4.90 Å². The number of hydrogen-bond donors (Lipinski definition) is 1. The number of nitrogens with zero attached hydrogens (tertiary/aromatic N) is 2. The predicted octanol–water partition coefficient (Wildman–Crippen LogP) is 4.54. The zero-order valence-electron chi connectivity index (χ0n) is 21.5. The number of aryl methyl sites for hydroxylation is 2. The van der Waals surface area contributed by atoms with Crippen LogP contribution in [0, 0.1) is 11.2 Å². The van der Waals surface area contributed by atoms with E-state index in [1.807, 2.05) is 32.0 Å². The van der Waals surface area contributed by atoms with Gasteiger partial charge in [0.2, 0.25) is 0 Å². The monoisotopic (exact) mass is 517 g/mol. The van der Waals surface area contributed by atoms with Crippen molar-refractivity contribution in [3.8, 4) is 0 Å². The van der Waals surface area contributed by atoms with E-state index in [9.17, 15) is 12.8 Å². The van der Waals surface area contributed by atoms with Crippen molar-refractivity contribution in [2.45, 2.75) is 51.2 Å². The lowest BCUT2D eigenvalue weighted by atomic mass is 9.82. The van der Waals surface area contributed by atoms with E-state index in [2.05, 4.69) is 21.4 Å². The van der Waals surface area contributed by atoms with Gasteiger partial charge in [-0.25, -0.2) is 12.8 Å². The Morgan fingerprint density at radius 1 is 1.06 bits per heavy atom. The maximum absolute atomic E-state index is 12.9. The molecule has 1 atom stereocenters. The Labute approximate surface area is 215 Å². The first kappa shape index (κ1) is 28.4. The van der Waals surface area contributed by atoms with Crippen LogP contribution in [0.25, 0.3) is 0 Å². The fraction of sp³-hybridized carbons (Fsp3) is 0.536. The minimum atomic E-state index is -3.48. The first-order valence-corrected chi connectivity index (χ1v) is 14.3. The molecule has 1 unspecified atom stereocenters. The molecule has 0 bridgehead atoms. The highest BCUT2D eigenvalue weighted by molar-refractivity contribution is 7.90. The third-order valence-corrected chi connectivity index (χ3v) is 8.73. The van der Waals surface area contributed by atoms with Crippen LogP contribution >= 0.6 is 0 Å². The topological polar surface area (TPSA) is 85.0 Å². The van der Waals surface area contributed by atoms with Crippen molar-refractivity contribution in [2.24, 2.45) is 15.5 Å². The zero-order valence-corrected chi connectivity index (χ0v) is 22.4. The molecule has 8 heteroatoms. The van der Waals surface area contributed by atoms with Gasteiger partial charge in [0.1, 0.15) is 11.1 Å². The van der Waals surface area contributed by atoms with E-state index in [0.29, 0.717) is 13.0 Å². The molecule has 198 valence electrons. The average molecular weight is 518 g/mol. The maximum Gasteiger partial charge on any atom is 0.260 e. The Hall–Kier alpha value is -2.13. The van der Waals surface area contributed by atoms with Gasteiger partial charge in [-0.05, 0) is 73.4 Å². The summed E-state index contributed by atoms with van der Waals surface area (Å²) >= 11 is 0. The fourth-order valence-electron chi connectivity index (χ4n) is 4.75. The van der Waals surface area contributed by atoms with Gasteiger partial charge in [0, 0.05) is 19.3 Å². The predicted molar refractivity (Wildman–Crippen MR) is 144 cm³/mol. The molecule has 0 saturated carbocycles. The van der Waals surface area contributed by atoms with Gasteiger partial charge in [0.15, 0.2) is 0 Å². The van der Waals surface area contributed by atoms with Gasteiger partial charge in [-0.15, -0.1) is 0 Å². The Balaban J connectivity index is 0.000000275. The number of hydrogen-bond acceptors (Lipinski definition) is 5. The van der Waals surface area contributed by atoms with Crippen LogP contribution in [0.3, 0.4) is 0 Å². The van der Waals surface area contributed by atoms with Gasteiger partial charge >= 0.3 is 0 Å². The molecule has 4 rings (SSSR count). The van der Waals surface area contributed by atoms with E-state index in [1.165, 1.54) is 17.8 Å². The zero-order chi connectivity index (χ0) is 26.0. The highest BCUT2D eigenvalue weighted by atomic mass is 32.2. The standard InChI is InChI=1S/C19H28N2O3S.C9H12FN/c1-19(2)9-10-20-25(22,23)18(19)17-7-5-16(6-8-17)4-3-11-21-12-14-24-15-13-21;10-9-6-2-1-4-8(9)5-3-7-11/h5-8,10,18H,3-4,9,11-15H2,1-2H3;1-2,4,6H,3,5,7,11H2. The van der Waals surface area contributed by atoms with Crippen LogP contribution in [0.1, 0.15) is 55.1 Å². The van der Waals surface area contributed by atoms with E-state index < -0.39 is 15.3 Å². The molecule has 0 radical (unpaired) electrons. The molecule has 0 aromatic heterocycles. The van der Waals surface area contributed by atoms with Crippen molar-refractivity contribution in [3.63, 3.8) is 0 Å². The second-order valence-corrected chi connectivity index (χ2v) is 11.9. The first-order chi connectivity index (χ1) is 17.2. The molecular formula is C28H40FN3O3S. The second kappa shape index (κ2) is 13.4. The summed E-state index contributed by atoms with van der Waals surface area (Å²) in [6.45, 7) is 9.42. The third-order valence-electron chi connectivity index (χ3n) is 6.78. The van der Waals surface area contributed by atoms with Crippen LogP contribution in [0.15, 0.2) is 52.9 Å². The minimum Gasteiger partial charge on any atom is -0.379 e. The number of morpholine rings is 1.